The Hall–Kier alpha value is -1.06. The average molecular weight is 254 g/mol. The Morgan fingerprint density at radius 2 is 2.24 bits per heavy atom. The molecule has 2 rings (SSSR count). The number of nitrogens with zero attached hydrogens (tertiary/aromatic N) is 1. The largest absolute Gasteiger partial charge is 0.375 e. The number of para-hydroxylation sites is 1. The molecule has 92 valence electrons. The smallest absolute Gasteiger partial charge is 0.152 e. The Bertz CT molecular complexity index is 422. The first-order chi connectivity index (χ1) is 8.13. The van der Waals surface area contributed by atoms with Crippen molar-refractivity contribution in [2.75, 3.05) is 18.1 Å². The van der Waals surface area contributed by atoms with Crippen LogP contribution >= 0.6 is 11.6 Å². The molecule has 0 spiro atoms. The number of ether oxygens (including phenoxy) is 1. The molecule has 0 bridgehead atoms. The van der Waals surface area contributed by atoms with E-state index in [-0.39, 0.29) is 12.1 Å². The number of hydrogen-bond acceptors (Lipinski definition) is 3. The normalized spacial score (nSPS) is 24.8. The molecule has 1 aliphatic rings. The summed E-state index contributed by atoms with van der Waals surface area (Å²) in [6.07, 6.45) is 1.01. The maximum atomic E-state index is 11.1. The quantitative estimate of drug-likeness (QED) is 0.759. The van der Waals surface area contributed by atoms with Gasteiger partial charge >= 0.3 is 0 Å². The SMILES string of the molecule is CC1CN(c2c(Cl)cccc2C=O)C(C)CO1. The number of carbonyl (C=O) groups is 1. The Kier molecular flexibility index (Phi) is 3.69. The Labute approximate surface area is 106 Å². The van der Waals surface area contributed by atoms with Gasteiger partial charge in [-0.2, -0.15) is 0 Å². The van der Waals surface area contributed by atoms with E-state index in [1.165, 1.54) is 0 Å². The lowest BCUT2D eigenvalue weighted by atomic mass is 10.1. The van der Waals surface area contributed by atoms with Gasteiger partial charge in [-0.15, -0.1) is 0 Å². The maximum absolute atomic E-state index is 11.1. The van der Waals surface area contributed by atoms with E-state index >= 15 is 0 Å². The predicted octanol–water partition coefficient (Wildman–Crippen LogP) is 2.77. The molecule has 0 radical (unpaired) electrons. The molecular weight excluding hydrogens is 238 g/mol. The highest BCUT2D eigenvalue weighted by Crippen LogP contribution is 2.32. The molecule has 4 heteroatoms. The van der Waals surface area contributed by atoms with Crippen LogP contribution in [0.3, 0.4) is 0 Å². The summed E-state index contributed by atoms with van der Waals surface area (Å²) in [4.78, 5) is 13.2. The topological polar surface area (TPSA) is 29.5 Å². The van der Waals surface area contributed by atoms with E-state index in [1.54, 1.807) is 12.1 Å². The third-order valence-corrected chi connectivity index (χ3v) is 3.34. The van der Waals surface area contributed by atoms with E-state index in [0.29, 0.717) is 17.2 Å². The summed E-state index contributed by atoms with van der Waals surface area (Å²) in [7, 11) is 0. The van der Waals surface area contributed by atoms with Crippen LogP contribution in [0, 0.1) is 0 Å². The minimum absolute atomic E-state index is 0.155. The van der Waals surface area contributed by atoms with Crippen molar-refractivity contribution in [3.8, 4) is 0 Å². The summed E-state index contributed by atoms with van der Waals surface area (Å²) in [6, 6.07) is 5.63. The van der Waals surface area contributed by atoms with E-state index in [0.717, 1.165) is 18.5 Å². The minimum atomic E-state index is 0.155. The zero-order valence-corrected chi connectivity index (χ0v) is 10.8. The molecule has 0 aliphatic carbocycles. The molecule has 1 aliphatic heterocycles. The lowest BCUT2D eigenvalue weighted by Crippen LogP contribution is -2.47. The zero-order chi connectivity index (χ0) is 12.4. The molecule has 1 aromatic rings. The fourth-order valence-corrected chi connectivity index (χ4v) is 2.44. The molecular formula is C13H16ClNO2. The predicted molar refractivity (Wildman–Crippen MR) is 69.1 cm³/mol. The van der Waals surface area contributed by atoms with Gasteiger partial charge in [0, 0.05) is 18.2 Å². The minimum Gasteiger partial charge on any atom is -0.375 e. The summed E-state index contributed by atoms with van der Waals surface area (Å²) in [5, 5.41) is 0.621. The third-order valence-electron chi connectivity index (χ3n) is 3.04. The molecule has 3 nitrogen and oxygen atoms in total. The van der Waals surface area contributed by atoms with Gasteiger partial charge in [-0.25, -0.2) is 0 Å². The molecule has 0 N–H and O–H groups in total. The summed E-state index contributed by atoms with van der Waals surface area (Å²) >= 11 is 6.21. The van der Waals surface area contributed by atoms with Crippen LogP contribution in [0.4, 0.5) is 5.69 Å². The highest BCUT2D eigenvalue weighted by atomic mass is 35.5. The van der Waals surface area contributed by atoms with Gasteiger partial charge in [0.15, 0.2) is 6.29 Å². The van der Waals surface area contributed by atoms with Gasteiger partial charge in [-0.3, -0.25) is 4.79 Å². The molecule has 2 atom stereocenters. The molecule has 17 heavy (non-hydrogen) atoms. The van der Waals surface area contributed by atoms with Crippen LogP contribution in [0.1, 0.15) is 24.2 Å². The van der Waals surface area contributed by atoms with E-state index in [4.69, 9.17) is 16.3 Å². The number of morpholine rings is 1. The van der Waals surface area contributed by atoms with Crippen molar-refractivity contribution < 1.29 is 9.53 Å². The molecule has 1 aromatic carbocycles. The number of anilines is 1. The van der Waals surface area contributed by atoms with Crippen molar-refractivity contribution in [1.82, 2.24) is 0 Å². The highest BCUT2D eigenvalue weighted by Gasteiger charge is 2.26. The van der Waals surface area contributed by atoms with Gasteiger partial charge in [-0.05, 0) is 26.0 Å². The first-order valence-electron chi connectivity index (χ1n) is 5.75. The van der Waals surface area contributed by atoms with Crippen LogP contribution in [0.5, 0.6) is 0 Å². The van der Waals surface area contributed by atoms with E-state index in [9.17, 15) is 4.79 Å². The second-order valence-corrected chi connectivity index (χ2v) is 4.85. The lowest BCUT2D eigenvalue weighted by molar-refractivity contribution is 0.0343. The summed E-state index contributed by atoms with van der Waals surface area (Å²) in [6.45, 7) is 5.51. The summed E-state index contributed by atoms with van der Waals surface area (Å²) in [5.41, 5.74) is 1.46. The number of hydrogen-bond donors (Lipinski definition) is 0. The number of benzene rings is 1. The Morgan fingerprint density at radius 3 is 2.94 bits per heavy atom. The average Bonchev–Trinajstić information content (AvgIpc) is 2.32. The molecule has 0 amide bonds. The number of halogens is 1. The highest BCUT2D eigenvalue weighted by molar-refractivity contribution is 6.34. The number of rotatable bonds is 2. The summed E-state index contributed by atoms with van der Waals surface area (Å²) in [5.74, 6) is 0. The van der Waals surface area contributed by atoms with Crippen molar-refractivity contribution in [2.45, 2.75) is 26.0 Å². The van der Waals surface area contributed by atoms with Crippen LogP contribution in [0.2, 0.25) is 5.02 Å². The van der Waals surface area contributed by atoms with Gasteiger partial charge in [0.05, 0.1) is 23.4 Å². The van der Waals surface area contributed by atoms with Crippen molar-refractivity contribution in [2.24, 2.45) is 0 Å². The van der Waals surface area contributed by atoms with Crippen molar-refractivity contribution in [3.63, 3.8) is 0 Å². The Balaban J connectivity index is 2.41. The van der Waals surface area contributed by atoms with Crippen LogP contribution in [-0.2, 0) is 4.74 Å². The molecule has 1 saturated heterocycles. The molecule has 2 unspecified atom stereocenters. The van der Waals surface area contributed by atoms with Gasteiger partial charge in [0.2, 0.25) is 0 Å². The molecule has 1 fully saturated rings. The van der Waals surface area contributed by atoms with Crippen molar-refractivity contribution >= 4 is 23.6 Å². The number of aldehydes is 1. The fourth-order valence-electron chi connectivity index (χ4n) is 2.14. The van der Waals surface area contributed by atoms with Gasteiger partial charge in [0.1, 0.15) is 0 Å². The maximum Gasteiger partial charge on any atom is 0.152 e. The van der Waals surface area contributed by atoms with E-state index in [2.05, 4.69) is 11.8 Å². The summed E-state index contributed by atoms with van der Waals surface area (Å²) < 4.78 is 5.58. The van der Waals surface area contributed by atoms with Crippen LogP contribution in [0.15, 0.2) is 18.2 Å². The lowest BCUT2D eigenvalue weighted by Gasteiger charge is -2.39. The monoisotopic (exact) mass is 253 g/mol. The van der Waals surface area contributed by atoms with E-state index < -0.39 is 0 Å². The van der Waals surface area contributed by atoms with Crippen LogP contribution in [-0.4, -0.2) is 31.6 Å². The van der Waals surface area contributed by atoms with Crippen LogP contribution in [0.25, 0.3) is 0 Å². The van der Waals surface area contributed by atoms with E-state index in [1.807, 2.05) is 13.0 Å². The van der Waals surface area contributed by atoms with Crippen molar-refractivity contribution in [1.29, 1.82) is 0 Å². The number of carbonyl (C=O) groups excluding carboxylic acids is 1. The molecule has 1 heterocycles. The molecule has 0 aromatic heterocycles. The fraction of sp³-hybridized carbons (Fsp3) is 0.462. The second-order valence-electron chi connectivity index (χ2n) is 4.44. The van der Waals surface area contributed by atoms with Gasteiger partial charge in [0.25, 0.3) is 0 Å². The Morgan fingerprint density at radius 1 is 1.47 bits per heavy atom. The first kappa shape index (κ1) is 12.4. The van der Waals surface area contributed by atoms with Crippen LogP contribution < -0.4 is 4.90 Å². The van der Waals surface area contributed by atoms with Gasteiger partial charge in [-0.1, -0.05) is 17.7 Å². The standard InChI is InChI=1S/C13H16ClNO2/c1-9-8-17-10(2)6-15(9)13-11(7-16)4-3-5-12(13)14/h3-5,7,9-10H,6,8H2,1-2H3. The molecule has 0 saturated carbocycles. The first-order valence-corrected chi connectivity index (χ1v) is 6.13. The zero-order valence-electron chi connectivity index (χ0n) is 10.0. The third kappa shape index (κ3) is 2.45. The van der Waals surface area contributed by atoms with Crippen molar-refractivity contribution in [3.05, 3.63) is 28.8 Å². The van der Waals surface area contributed by atoms with Gasteiger partial charge < -0.3 is 9.64 Å². The second kappa shape index (κ2) is 5.07.